The average molecular weight is 419 g/mol. The zero-order chi connectivity index (χ0) is 22.2. The van der Waals surface area contributed by atoms with Crippen molar-refractivity contribution < 1.29 is 19.1 Å². The summed E-state index contributed by atoms with van der Waals surface area (Å²) in [4.78, 5) is 29.5. The van der Waals surface area contributed by atoms with Crippen LogP contribution in [0.15, 0.2) is 48.9 Å². The monoisotopic (exact) mass is 419 g/mol. The fourth-order valence-electron chi connectivity index (χ4n) is 3.41. The van der Waals surface area contributed by atoms with Gasteiger partial charge in [0.2, 0.25) is 5.60 Å². The van der Waals surface area contributed by atoms with E-state index in [0.717, 1.165) is 6.20 Å². The van der Waals surface area contributed by atoms with E-state index in [0.29, 0.717) is 28.9 Å². The largest absolute Gasteiger partial charge is 0.369 e. The minimum absolute atomic E-state index is 0.0884. The third kappa shape index (κ3) is 3.76. The Bertz CT molecular complexity index is 1260. The van der Waals surface area contributed by atoms with Crippen molar-refractivity contribution in [1.82, 2.24) is 19.7 Å². The molecule has 1 saturated heterocycles. The van der Waals surface area contributed by atoms with Crippen molar-refractivity contribution in [3.8, 4) is 28.7 Å². The number of likely N-dealkylation sites (N-methyl/N-ethyl adjacent to an activating group) is 1. The summed E-state index contributed by atoms with van der Waals surface area (Å²) in [6.45, 7) is 0.388. The Morgan fingerprint density at radius 3 is 2.81 bits per heavy atom. The number of aromatic nitrogens is 3. The third-order valence-corrected chi connectivity index (χ3v) is 5.06. The van der Waals surface area contributed by atoms with Crippen molar-refractivity contribution in [1.29, 1.82) is 0 Å². The number of likely N-dealkylation sites (tertiary alicyclic amines) is 1. The van der Waals surface area contributed by atoms with Gasteiger partial charge in [-0.05, 0) is 23.8 Å². The zero-order valence-electron chi connectivity index (χ0n) is 16.5. The van der Waals surface area contributed by atoms with Gasteiger partial charge in [0.15, 0.2) is 5.82 Å². The quantitative estimate of drug-likeness (QED) is 0.618. The smallest absolute Gasteiger partial charge is 0.267 e. The summed E-state index contributed by atoms with van der Waals surface area (Å²) < 4.78 is 14.8. The van der Waals surface area contributed by atoms with Crippen molar-refractivity contribution in [2.45, 2.75) is 12.0 Å². The first kappa shape index (κ1) is 20.3. The van der Waals surface area contributed by atoms with Crippen LogP contribution in [-0.4, -0.2) is 55.8 Å². The standard InChI is InChI=1S/C22H18FN5O3/c1-27-10-8-22(31,21(27)30)7-6-15-11-14(17-3-2-9-25-19(17)20(24)29)4-5-18(15)28-13-16(23)12-26-28/h2-5,9,11-13,31H,8,10H2,1H3,(H2,24,29)/t22-/m0/s1. The molecule has 1 atom stereocenters. The first-order valence-electron chi connectivity index (χ1n) is 9.39. The fourth-order valence-corrected chi connectivity index (χ4v) is 3.41. The van der Waals surface area contributed by atoms with Crippen LogP contribution < -0.4 is 5.73 Å². The number of halogens is 1. The summed E-state index contributed by atoms with van der Waals surface area (Å²) in [5, 5.41) is 14.6. The highest BCUT2D eigenvalue weighted by atomic mass is 19.1. The maximum absolute atomic E-state index is 13.5. The van der Waals surface area contributed by atoms with Crippen molar-refractivity contribution in [2.75, 3.05) is 13.6 Å². The second kappa shape index (κ2) is 7.66. The van der Waals surface area contributed by atoms with Crippen LogP contribution in [0.1, 0.15) is 22.5 Å². The Hall–Kier alpha value is -4.03. The fraction of sp³-hybridized carbons (Fsp3) is 0.182. The molecule has 0 saturated carbocycles. The predicted octanol–water partition coefficient (Wildman–Crippen LogP) is 1.12. The molecule has 2 aromatic heterocycles. The predicted molar refractivity (Wildman–Crippen MR) is 109 cm³/mol. The third-order valence-electron chi connectivity index (χ3n) is 5.06. The molecule has 1 aromatic carbocycles. The number of carbonyl (C=O) groups excluding carboxylic acids is 2. The molecule has 0 bridgehead atoms. The van der Waals surface area contributed by atoms with Crippen LogP contribution >= 0.6 is 0 Å². The maximum atomic E-state index is 13.5. The van der Waals surface area contributed by atoms with E-state index >= 15 is 0 Å². The topological polar surface area (TPSA) is 114 Å². The van der Waals surface area contributed by atoms with Gasteiger partial charge < -0.3 is 15.7 Å². The Labute approximate surface area is 177 Å². The second-order valence-corrected chi connectivity index (χ2v) is 7.19. The zero-order valence-corrected chi connectivity index (χ0v) is 16.5. The van der Waals surface area contributed by atoms with Crippen LogP contribution in [0.5, 0.6) is 0 Å². The normalized spacial score (nSPS) is 18.0. The molecule has 156 valence electrons. The number of hydrogen-bond acceptors (Lipinski definition) is 5. The molecule has 4 rings (SSSR count). The van der Waals surface area contributed by atoms with Gasteiger partial charge in [-0.3, -0.25) is 14.6 Å². The van der Waals surface area contributed by atoms with Gasteiger partial charge in [0.05, 0.1) is 23.6 Å². The van der Waals surface area contributed by atoms with Gasteiger partial charge in [-0.1, -0.05) is 24.0 Å². The van der Waals surface area contributed by atoms with E-state index in [-0.39, 0.29) is 12.1 Å². The van der Waals surface area contributed by atoms with Gasteiger partial charge in [0, 0.05) is 31.8 Å². The summed E-state index contributed by atoms with van der Waals surface area (Å²) >= 11 is 0. The van der Waals surface area contributed by atoms with Crippen LogP contribution in [0.25, 0.3) is 16.8 Å². The van der Waals surface area contributed by atoms with E-state index < -0.39 is 23.2 Å². The van der Waals surface area contributed by atoms with E-state index in [1.807, 2.05) is 0 Å². The van der Waals surface area contributed by atoms with Crippen LogP contribution in [-0.2, 0) is 4.79 Å². The molecular formula is C22H18FN5O3. The molecule has 31 heavy (non-hydrogen) atoms. The van der Waals surface area contributed by atoms with Gasteiger partial charge >= 0.3 is 0 Å². The lowest BCUT2D eigenvalue weighted by Crippen LogP contribution is -2.37. The average Bonchev–Trinajstić information content (AvgIpc) is 3.31. The first-order chi connectivity index (χ1) is 14.8. The van der Waals surface area contributed by atoms with E-state index in [1.165, 1.54) is 22.0 Å². The summed E-state index contributed by atoms with van der Waals surface area (Å²) in [5.74, 6) is 3.81. The van der Waals surface area contributed by atoms with Gasteiger partial charge in [-0.15, -0.1) is 0 Å². The second-order valence-electron chi connectivity index (χ2n) is 7.19. The number of nitrogens with zero attached hydrogens (tertiary/aromatic N) is 4. The number of carbonyl (C=O) groups is 2. The molecule has 0 aliphatic carbocycles. The number of amides is 2. The summed E-state index contributed by atoms with van der Waals surface area (Å²) in [6.07, 6.45) is 3.88. The molecule has 3 heterocycles. The Kier molecular flexibility index (Phi) is 5.01. The number of rotatable bonds is 3. The van der Waals surface area contributed by atoms with Crippen LogP contribution in [0.4, 0.5) is 4.39 Å². The van der Waals surface area contributed by atoms with E-state index in [1.54, 1.807) is 37.4 Å². The molecule has 3 N–H and O–H groups in total. The van der Waals surface area contributed by atoms with Gasteiger partial charge in [-0.2, -0.15) is 5.10 Å². The van der Waals surface area contributed by atoms with Gasteiger partial charge in [-0.25, -0.2) is 9.07 Å². The molecule has 1 aliphatic heterocycles. The lowest BCUT2D eigenvalue weighted by atomic mass is 9.98. The Balaban J connectivity index is 1.86. The van der Waals surface area contributed by atoms with Crippen molar-refractivity contribution in [2.24, 2.45) is 5.73 Å². The van der Waals surface area contributed by atoms with E-state index in [4.69, 9.17) is 5.73 Å². The van der Waals surface area contributed by atoms with E-state index in [9.17, 15) is 19.1 Å². The summed E-state index contributed by atoms with van der Waals surface area (Å²) in [5.41, 5.74) is 5.62. The van der Waals surface area contributed by atoms with Crippen molar-refractivity contribution in [3.63, 3.8) is 0 Å². The number of primary amides is 1. The highest BCUT2D eigenvalue weighted by molar-refractivity contribution is 5.98. The molecule has 1 fully saturated rings. The van der Waals surface area contributed by atoms with Crippen molar-refractivity contribution >= 4 is 11.8 Å². The molecule has 9 heteroatoms. The van der Waals surface area contributed by atoms with Gasteiger partial charge in [0.1, 0.15) is 5.69 Å². The highest BCUT2D eigenvalue weighted by Crippen LogP contribution is 2.27. The molecule has 0 spiro atoms. The molecule has 0 radical (unpaired) electrons. The molecule has 3 aromatic rings. The lowest BCUT2D eigenvalue weighted by molar-refractivity contribution is -0.137. The molecular weight excluding hydrogens is 401 g/mol. The Morgan fingerprint density at radius 1 is 1.35 bits per heavy atom. The highest BCUT2D eigenvalue weighted by Gasteiger charge is 2.42. The number of nitrogens with two attached hydrogens (primary N) is 1. The molecule has 1 aliphatic rings. The molecule has 2 amide bonds. The number of hydrogen-bond donors (Lipinski definition) is 2. The minimum atomic E-state index is -1.80. The van der Waals surface area contributed by atoms with Gasteiger partial charge in [0.25, 0.3) is 11.8 Å². The number of benzene rings is 1. The Morgan fingerprint density at radius 2 is 2.16 bits per heavy atom. The number of aliphatic hydroxyl groups is 1. The maximum Gasteiger partial charge on any atom is 0.267 e. The van der Waals surface area contributed by atoms with Crippen molar-refractivity contribution in [3.05, 3.63) is 66.0 Å². The minimum Gasteiger partial charge on any atom is -0.369 e. The first-order valence-corrected chi connectivity index (χ1v) is 9.39. The molecule has 0 unspecified atom stereocenters. The van der Waals surface area contributed by atoms with E-state index in [2.05, 4.69) is 21.9 Å². The SMILES string of the molecule is CN1CC[C@@](O)(C#Cc2cc(-c3cccnc3C(N)=O)ccc2-n2cc(F)cn2)C1=O. The molecule has 8 nitrogen and oxygen atoms in total. The van der Waals surface area contributed by atoms with Crippen LogP contribution in [0.3, 0.4) is 0 Å². The summed E-state index contributed by atoms with van der Waals surface area (Å²) in [7, 11) is 1.59. The van der Waals surface area contributed by atoms with Crippen LogP contribution in [0.2, 0.25) is 0 Å². The number of pyridine rings is 1. The van der Waals surface area contributed by atoms with Crippen LogP contribution in [0, 0.1) is 17.7 Å². The lowest BCUT2D eigenvalue weighted by Gasteiger charge is -2.14. The summed E-state index contributed by atoms with van der Waals surface area (Å²) in [6, 6.07) is 8.36.